The van der Waals surface area contributed by atoms with Gasteiger partial charge in [0.05, 0.1) is 15.9 Å². The molecule has 0 amide bonds. The highest BCUT2D eigenvalue weighted by Crippen LogP contribution is 2.32. The van der Waals surface area contributed by atoms with Crippen molar-refractivity contribution >= 4 is 28.1 Å². The number of Topliss-reactive ketones (excluding diaryl/α,β-unsaturated/α-hetero) is 1. The molecule has 136 valence electrons. The Morgan fingerprint density at radius 3 is 2.48 bits per heavy atom. The molecule has 2 heterocycles. The van der Waals surface area contributed by atoms with Crippen molar-refractivity contribution in [1.82, 2.24) is 9.55 Å². The van der Waals surface area contributed by atoms with E-state index in [1.54, 1.807) is 12.1 Å². The van der Waals surface area contributed by atoms with Gasteiger partial charge in [0.2, 0.25) is 0 Å². The summed E-state index contributed by atoms with van der Waals surface area (Å²) in [5.41, 5.74) is -1.41. The van der Waals surface area contributed by atoms with Gasteiger partial charge in [0.15, 0.2) is 5.78 Å². The zero-order chi connectivity index (χ0) is 19.7. The molecule has 0 fully saturated rings. The smallest absolute Gasteiger partial charge is 0.300 e. The van der Waals surface area contributed by atoms with Crippen LogP contribution in [0.4, 0.5) is 11.4 Å². The maximum Gasteiger partial charge on any atom is 0.300 e. The van der Waals surface area contributed by atoms with E-state index in [0.717, 1.165) is 22.8 Å². The minimum Gasteiger partial charge on any atom is -0.305 e. The molecule has 10 nitrogen and oxygen atoms in total. The van der Waals surface area contributed by atoms with E-state index in [0.29, 0.717) is 0 Å². The number of fused-ring (bicyclic) bond motifs is 1. The molecular weight excluding hydrogens is 356 g/mol. The van der Waals surface area contributed by atoms with Gasteiger partial charge in [-0.15, -0.1) is 0 Å². The van der Waals surface area contributed by atoms with Crippen LogP contribution in [0, 0.1) is 20.2 Å². The Balaban J connectivity index is 2.28. The number of aryl methyl sites for hydroxylation is 1. The first-order chi connectivity index (χ1) is 12.8. The summed E-state index contributed by atoms with van der Waals surface area (Å²) in [5.74, 6) is -0.417. The van der Waals surface area contributed by atoms with E-state index in [4.69, 9.17) is 0 Å². The normalized spacial score (nSPS) is 10.7. The van der Waals surface area contributed by atoms with E-state index in [2.05, 4.69) is 4.98 Å². The van der Waals surface area contributed by atoms with Crippen LogP contribution in [0.15, 0.2) is 47.4 Å². The number of nitro benzene ring substituents is 2. The van der Waals surface area contributed by atoms with E-state index >= 15 is 0 Å². The van der Waals surface area contributed by atoms with Gasteiger partial charge in [-0.3, -0.25) is 34.8 Å². The summed E-state index contributed by atoms with van der Waals surface area (Å²) in [5, 5.41) is 22.7. The fourth-order valence-electron chi connectivity index (χ4n) is 2.82. The number of hydrogen-bond donors (Lipinski definition) is 0. The second-order valence-corrected chi connectivity index (χ2v) is 5.76. The summed E-state index contributed by atoms with van der Waals surface area (Å²) in [4.78, 5) is 49.6. The monoisotopic (exact) mass is 368 g/mol. The number of carbonyl (C=O) groups excluding carboxylic acids is 1. The quantitative estimate of drug-likeness (QED) is 0.382. The third-order valence-electron chi connectivity index (χ3n) is 4.09. The van der Waals surface area contributed by atoms with Crippen molar-refractivity contribution in [3.05, 3.63) is 84.4 Å². The molecule has 0 atom stereocenters. The number of nitrogens with zero attached hydrogens (tertiary/aromatic N) is 4. The molecule has 0 bridgehead atoms. The average molecular weight is 368 g/mol. The molecule has 0 unspecified atom stereocenters. The minimum absolute atomic E-state index is 0.0816. The van der Waals surface area contributed by atoms with Gasteiger partial charge in [0.1, 0.15) is 11.2 Å². The van der Waals surface area contributed by atoms with Crippen molar-refractivity contribution in [2.24, 2.45) is 7.05 Å². The molecule has 0 radical (unpaired) electrons. The molecule has 1 aromatic carbocycles. The van der Waals surface area contributed by atoms with Gasteiger partial charge in [0, 0.05) is 37.2 Å². The molecular formula is C17H12N4O6. The Morgan fingerprint density at radius 1 is 1.15 bits per heavy atom. The summed E-state index contributed by atoms with van der Waals surface area (Å²) < 4.78 is 1.03. The van der Waals surface area contributed by atoms with Crippen LogP contribution < -0.4 is 5.56 Å². The number of ketones is 1. The highest BCUT2D eigenvalue weighted by Gasteiger charge is 2.24. The van der Waals surface area contributed by atoms with Gasteiger partial charge in [-0.1, -0.05) is 6.07 Å². The predicted octanol–water partition coefficient (Wildman–Crippen LogP) is 2.18. The largest absolute Gasteiger partial charge is 0.305 e. The lowest BCUT2D eigenvalue weighted by Crippen LogP contribution is -2.19. The fourth-order valence-corrected chi connectivity index (χ4v) is 2.82. The number of hydrogen-bond acceptors (Lipinski definition) is 7. The first-order valence-corrected chi connectivity index (χ1v) is 7.69. The number of carbonyl (C=O) groups is 1. The third-order valence-corrected chi connectivity index (χ3v) is 4.09. The van der Waals surface area contributed by atoms with Gasteiger partial charge in [-0.25, -0.2) is 0 Å². The van der Waals surface area contributed by atoms with Crippen molar-refractivity contribution in [1.29, 1.82) is 0 Å². The molecule has 0 aliphatic rings. The van der Waals surface area contributed by atoms with Crippen molar-refractivity contribution in [3.63, 3.8) is 0 Å². The zero-order valence-corrected chi connectivity index (χ0v) is 14.0. The number of benzene rings is 1. The van der Waals surface area contributed by atoms with E-state index in [9.17, 15) is 29.8 Å². The highest BCUT2D eigenvalue weighted by atomic mass is 16.6. The maximum atomic E-state index is 12.5. The van der Waals surface area contributed by atoms with Crippen molar-refractivity contribution < 1.29 is 14.6 Å². The average Bonchev–Trinajstić information content (AvgIpc) is 2.65. The van der Waals surface area contributed by atoms with Crippen LogP contribution in [0.1, 0.15) is 16.1 Å². The van der Waals surface area contributed by atoms with Crippen LogP contribution >= 0.6 is 0 Å². The standard InChI is InChI=1S/C17H12N4O6/c1-19-16(23)7-10(6-15(22)13-4-2-3-5-18-13)12-8-11(20(24)25)9-14(17(12)19)21(26)27/h2-5,7-9H,6H2,1H3. The van der Waals surface area contributed by atoms with Gasteiger partial charge >= 0.3 is 0 Å². The number of aromatic nitrogens is 2. The van der Waals surface area contributed by atoms with Crippen LogP contribution in [0.25, 0.3) is 10.9 Å². The summed E-state index contributed by atoms with van der Waals surface area (Å²) in [6.07, 6.45) is 1.16. The summed E-state index contributed by atoms with van der Waals surface area (Å²) in [7, 11) is 1.33. The van der Waals surface area contributed by atoms with Crippen LogP contribution in [0.5, 0.6) is 0 Å². The molecule has 0 N–H and O–H groups in total. The molecule has 0 spiro atoms. The van der Waals surface area contributed by atoms with Crippen LogP contribution in [0.3, 0.4) is 0 Å². The van der Waals surface area contributed by atoms with Crippen LogP contribution in [-0.4, -0.2) is 25.2 Å². The molecule has 0 saturated carbocycles. The Labute approximate surface area is 151 Å². The van der Waals surface area contributed by atoms with E-state index in [-0.39, 0.29) is 28.6 Å². The predicted molar refractivity (Wildman–Crippen MR) is 94.8 cm³/mol. The van der Waals surface area contributed by atoms with Crippen LogP contribution in [-0.2, 0) is 13.5 Å². The maximum absolute atomic E-state index is 12.5. The zero-order valence-electron chi connectivity index (χ0n) is 14.0. The second kappa shape index (κ2) is 6.75. The van der Waals surface area contributed by atoms with Gasteiger partial charge in [0.25, 0.3) is 16.9 Å². The molecule has 10 heteroatoms. The lowest BCUT2D eigenvalue weighted by Gasteiger charge is -2.10. The second-order valence-electron chi connectivity index (χ2n) is 5.76. The first-order valence-electron chi connectivity index (χ1n) is 7.69. The van der Waals surface area contributed by atoms with Crippen molar-refractivity contribution in [2.75, 3.05) is 0 Å². The Hall–Kier alpha value is -3.95. The van der Waals surface area contributed by atoms with E-state index in [1.165, 1.54) is 19.3 Å². The van der Waals surface area contributed by atoms with Gasteiger partial charge < -0.3 is 4.57 Å². The van der Waals surface area contributed by atoms with Crippen molar-refractivity contribution in [3.8, 4) is 0 Å². The minimum atomic E-state index is -0.793. The molecule has 27 heavy (non-hydrogen) atoms. The van der Waals surface area contributed by atoms with Crippen molar-refractivity contribution in [2.45, 2.75) is 6.42 Å². The number of rotatable bonds is 5. The lowest BCUT2D eigenvalue weighted by atomic mass is 10.0. The number of nitro groups is 2. The Bertz CT molecular complexity index is 1150. The van der Waals surface area contributed by atoms with E-state index < -0.39 is 32.6 Å². The molecule has 0 aliphatic heterocycles. The molecule has 0 aliphatic carbocycles. The van der Waals surface area contributed by atoms with Gasteiger partial charge in [-0.05, 0) is 17.7 Å². The van der Waals surface area contributed by atoms with Crippen LogP contribution in [0.2, 0.25) is 0 Å². The topological polar surface area (TPSA) is 138 Å². The summed E-state index contributed by atoms with van der Waals surface area (Å²) in [6.45, 7) is 0. The lowest BCUT2D eigenvalue weighted by molar-refractivity contribution is -0.393. The fraction of sp³-hybridized carbons (Fsp3) is 0.118. The van der Waals surface area contributed by atoms with Gasteiger partial charge in [-0.2, -0.15) is 0 Å². The SMILES string of the molecule is Cn1c(=O)cc(CC(=O)c2ccccn2)c2cc([N+](=O)[O-])cc([N+](=O)[O-])c21. The van der Waals surface area contributed by atoms with E-state index in [1.807, 2.05) is 0 Å². The number of pyridine rings is 2. The summed E-state index contributed by atoms with van der Waals surface area (Å²) in [6, 6.07) is 7.83. The third kappa shape index (κ3) is 3.27. The number of non-ortho nitro benzene ring substituents is 2. The highest BCUT2D eigenvalue weighted by molar-refractivity contribution is 6.00. The Morgan fingerprint density at radius 2 is 1.89 bits per heavy atom. The first kappa shape index (κ1) is 17.9. The Kier molecular flexibility index (Phi) is 4.46. The summed E-state index contributed by atoms with van der Waals surface area (Å²) >= 11 is 0. The molecule has 3 aromatic rings. The molecule has 2 aromatic heterocycles. The molecule has 3 rings (SSSR count). The molecule has 0 saturated heterocycles.